The largest absolute Gasteiger partial charge is 0.352 e. The van der Waals surface area contributed by atoms with Crippen LogP contribution in [0.15, 0.2) is 0 Å². The van der Waals surface area contributed by atoms with Gasteiger partial charge in [-0.1, -0.05) is 13.8 Å². The van der Waals surface area contributed by atoms with E-state index in [2.05, 4.69) is 36.4 Å². The van der Waals surface area contributed by atoms with Gasteiger partial charge < -0.3 is 15.5 Å². The Hall–Kier alpha value is -0.610. The Morgan fingerprint density at radius 1 is 1.25 bits per heavy atom. The third-order valence-corrected chi connectivity index (χ3v) is 4.57. The van der Waals surface area contributed by atoms with Crippen molar-refractivity contribution >= 4 is 5.91 Å². The molecular formula is C16H33N3O. The minimum Gasteiger partial charge on any atom is -0.352 e. The average Bonchev–Trinajstić information content (AvgIpc) is 2.46. The van der Waals surface area contributed by atoms with Gasteiger partial charge in [-0.15, -0.1) is 0 Å². The number of carbonyl (C=O) groups is 1. The van der Waals surface area contributed by atoms with Crippen LogP contribution in [-0.2, 0) is 4.79 Å². The molecule has 0 radical (unpaired) electrons. The van der Waals surface area contributed by atoms with Crippen LogP contribution in [0.5, 0.6) is 0 Å². The van der Waals surface area contributed by atoms with Crippen LogP contribution >= 0.6 is 0 Å². The molecule has 0 spiro atoms. The van der Waals surface area contributed by atoms with Crippen molar-refractivity contribution in [1.82, 2.24) is 15.5 Å². The molecule has 1 saturated heterocycles. The second-order valence-electron chi connectivity index (χ2n) is 6.23. The zero-order chi connectivity index (χ0) is 15.0. The van der Waals surface area contributed by atoms with E-state index in [1.165, 1.54) is 32.4 Å². The summed E-state index contributed by atoms with van der Waals surface area (Å²) < 4.78 is 0. The van der Waals surface area contributed by atoms with E-state index >= 15 is 0 Å². The fourth-order valence-electron chi connectivity index (χ4n) is 2.77. The molecular weight excluding hydrogens is 250 g/mol. The molecule has 0 aromatic rings. The summed E-state index contributed by atoms with van der Waals surface area (Å²) in [4.78, 5) is 14.4. The number of carbonyl (C=O) groups excluding carboxylic acids is 1. The molecule has 1 amide bonds. The summed E-state index contributed by atoms with van der Waals surface area (Å²) in [5, 5.41) is 6.47. The molecule has 0 aromatic heterocycles. The summed E-state index contributed by atoms with van der Waals surface area (Å²) in [5.74, 6) is 0.968. The summed E-state index contributed by atoms with van der Waals surface area (Å²) >= 11 is 0. The molecule has 118 valence electrons. The van der Waals surface area contributed by atoms with Crippen LogP contribution in [0.3, 0.4) is 0 Å². The molecule has 0 aliphatic carbocycles. The van der Waals surface area contributed by atoms with E-state index in [9.17, 15) is 4.79 Å². The van der Waals surface area contributed by atoms with Crippen molar-refractivity contribution in [3.63, 3.8) is 0 Å². The van der Waals surface area contributed by atoms with Crippen molar-refractivity contribution in [2.45, 2.75) is 65.0 Å². The number of nitrogens with one attached hydrogen (secondary N) is 2. The predicted octanol–water partition coefficient (Wildman–Crippen LogP) is 2.00. The minimum atomic E-state index is -0.0816. The number of piperidine rings is 1. The quantitative estimate of drug-likeness (QED) is 0.716. The van der Waals surface area contributed by atoms with Gasteiger partial charge in [0.1, 0.15) is 0 Å². The van der Waals surface area contributed by atoms with E-state index in [1.54, 1.807) is 0 Å². The van der Waals surface area contributed by atoms with Crippen molar-refractivity contribution in [2.75, 3.05) is 26.7 Å². The van der Waals surface area contributed by atoms with Crippen LogP contribution in [0.4, 0.5) is 0 Å². The highest BCUT2D eigenvalue weighted by Gasteiger charge is 2.18. The minimum absolute atomic E-state index is 0.0816. The Morgan fingerprint density at radius 2 is 1.85 bits per heavy atom. The molecule has 0 saturated carbocycles. The first-order chi connectivity index (χ1) is 9.56. The Kier molecular flexibility index (Phi) is 8.15. The second-order valence-corrected chi connectivity index (χ2v) is 6.23. The molecule has 1 aliphatic heterocycles. The lowest BCUT2D eigenvalue weighted by molar-refractivity contribution is -0.123. The standard InChI is InChI=1S/C16H33N3O/c1-5-15(6-2)18-16(20)13(3)17-10-7-14-8-11-19(4)12-9-14/h13-15,17H,5-12H2,1-4H3,(H,18,20). The zero-order valence-corrected chi connectivity index (χ0v) is 13.7. The van der Waals surface area contributed by atoms with Crippen molar-refractivity contribution in [3.8, 4) is 0 Å². The van der Waals surface area contributed by atoms with Crippen LogP contribution in [-0.4, -0.2) is 49.6 Å². The van der Waals surface area contributed by atoms with E-state index in [0.717, 1.165) is 25.3 Å². The van der Waals surface area contributed by atoms with E-state index in [1.807, 2.05) is 6.92 Å². The Balaban J connectivity index is 2.15. The van der Waals surface area contributed by atoms with E-state index in [0.29, 0.717) is 6.04 Å². The second kappa shape index (κ2) is 9.35. The third kappa shape index (κ3) is 6.23. The van der Waals surface area contributed by atoms with Crippen LogP contribution < -0.4 is 10.6 Å². The SMILES string of the molecule is CCC(CC)NC(=O)C(C)NCCC1CCN(C)CC1. The van der Waals surface area contributed by atoms with Gasteiger partial charge in [0.05, 0.1) is 6.04 Å². The molecule has 1 rings (SSSR count). The summed E-state index contributed by atoms with van der Waals surface area (Å²) in [7, 11) is 2.19. The molecule has 20 heavy (non-hydrogen) atoms. The van der Waals surface area contributed by atoms with Gasteiger partial charge >= 0.3 is 0 Å². The van der Waals surface area contributed by atoms with Gasteiger partial charge in [0.2, 0.25) is 5.91 Å². The number of rotatable bonds is 8. The normalized spacial score (nSPS) is 19.2. The molecule has 1 heterocycles. The van der Waals surface area contributed by atoms with Crippen molar-refractivity contribution in [1.29, 1.82) is 0 Å². The average molecular weight is 283 g/mol. The van der Waals surface area contributed by atoms with Gasteiger partial charge in [-0.25, -0.2) is 0 Å². The predicted molar refractivity (Wildman–Crippen MR) is 84.8 cm³/mol. The maximum absolute atomic E-state index is 12.0. The summed E-state index contributed by atoms with van der Waals surface area (Å²) in [6.07, 6.45) is 5.80. The maximum Gasteiger partial charge on any atom is 0.237 e. The lowest BCUT2D eigenvalue weighted by atomic mass is 9.94. The first-order valence-corrected chi connectivity index (χ1v) is 8.29. The third-order valence-electron chi connectivity index (χ3n) is 4.57. The van der Waals surface area contributed by atoms with Crippen LogP contribution in [0.25, 0.3) is 0 Å². The number of hydrogen-bond acceptors (Lipinski definition) is 3. The highest BCUT2D eigenvalue weighted by molar-refractivity contribution is 5.81. The number of nitrogens with zero attached hydrogens (tertiary/aromatic N) is 1. The first-order valence-electron chi connectivity index (χ1n) is 8.29. The Labute approximate surface area is 124 Å². The van der Waals surface area contributed by atoms with Crippen LogP contribution in [0, 0.1) is 5.92 Å². The maximum atomic E-state index is 12.0. The van der Waals surface area contributed by atoms with Gasteiger partial charge in [0, 0.05) is 6.04 Å². The molecule has 1 unspecified atom stereocenters. The lowest BCUT2D eigenvalue weighted by Gasteiger charge is -2.29. The molecule has 1 fully saturated rings. The van der Waals surface area contributed by atoms with E-state index in [4.69, 9.17) is 0 Å². The molecule has 4 heteroatoms. The summed E-state index contributed by atoms with van der Waals surface area (Å²) in [6, 6.07) is 0.238. The molecule has 4 nitrogen and oxygen atoms in total. The molecule has 0 bridgehead atoms. The zero-order valence-electron chi connectivity index (χ0n) is 13.7. The van der Waals surface area contributed by atoms with Gasteiger partial charge in [-0.05, 0) is 71.6 Å². The fourth-order valence-corrected chi connectivity index (χ4v) is 2.77. The number of hydrogen-bond donors (Lipinski definition) is 2. The fraction of sp³-hybridized carbons (Fsp3) is 0.938. The van der Waals surface area contributed by atoms with Gasteiger partial charge in [-0.3, -0.25) is 4.79 Å². The number of amides is 1. The van der Waals surface area contributed by atoms with E-state index < -0.39 is 0 Å². The molecule has 2 N–H and O–H groups in total. The number of likely N-dealkylation sites (tertiary alicyclic amines) is 1. The van der Waals surface area contributed by atoms with Crippen molar-refractivity contribution < 1.29 is 4.79 Å². The van der Waals surface area contributed by atoms with Gasteiger partial charge in [0.25, 0.3) is 0 Å². The molecule has 1 aliphatic rings. The van der Waals surface area contributed by atoms with Crippen molar-refractivity contribution in [2.24, 2.45) is 5.92 Å². The lowest BCUT2D eigenvalue weighted by Crippen LogP contribution is -2.46. The Morgan fingerprint density at radius 3 is 2.40 bits per heavy atom. The molecule has 0 aromatic carbocycles. The highest BCUT2D eigenvalue weighted by Crippen LogP contribution is 2.18. The van der Waals surface area contributed by atoms with Crippen molar-refractivity contribution in [3.05, 3.63) is 0 Å². The van der Waals surface area contributed by atoms with Crippen LogP contribution in [0.1, 0.15) is 52.9 Å². The van der Waals surface area contributed by atoms with Gasteiger partial charge in [0.15, 0.2) is 0 Å². The smallest absolute Gasteiger partial charge is 0.237 e. The van der Waals surface area contributed by atoms with Crippen LogP contribution in [0.2, 0.25) is 0 Å². The first kappa shape index (κ1) is 17.4. The summed E-state index contributed by atoms with van der Waals surface area (Å²) in [5.41, 5.74) is 0. The van der Waals surface area contributed by atoms with E-state index in [-0.39, 0.29) is 11.9 Å². The monoisotopic (exact) mass is 283 g/mol. The highest BCUT2D eigenvalue weighted by atomic mass is 16.2. The molecule has 1 atom stereocenters. The topological polar surface area (TPSA) is 44.4 Å². The Bertz CT molecular complexity index is 271. The van der Waals surface area contributed by atoms with Gasteiger partial charge in [-0.2, -0.15) is 0 Å². The summed E-state index contributed by atoms with van der Waals surface area (Å²) in [6.45, 7) is 9.59.